The Balaban J connectivity index is 1.58. The van der Waals surface area contributed by atoms with E-state index >= 15 is 0 Å². The number of hydrogen-bond donors (Lipinski definition) is 0. The van der Waals surface area contributed by atoms with Gasteiger partial charge in [0.1, 0.15) is 17.9 Å². The van der Waals surface area contributed by atoms with E-state index in [1.54, 1.807) is 49.7 Å². The minimum atomic E-state index is -4.97. The van der Waals surface area contributed by atoms with Crippen molar-refractivity contribution < 1.29 is 40.6 Å². The number of esters is 1. The molecule has 0 radical (unpaired) electrons. The van der Waals surface area contributed by atoms with Crippen LogP contribution in [0.2, 0.25) is 0 Å². The van der Waals surface area contributed by atoms with Crippen molar-refractivity contribution in [2.24, 2.45) is 0 Å². The van der Waals surface area contributed by atoms with Gasteiger partial charge < -0.3 is 14.0 Å². The minimum absolute atomic E-state index is 0.0303. The number of aromatic nitrogens is 3. The van der Waals surface area contributed by atoms with E-state index in [2.05, 4.69) is 5.10 Å². The number of carbonyl (C=O) groups is 1. The van der Waals surface area contributed by atoms with Gasteiger partial charge in [-0.25, -0.2) is 9.48 Å². The van der Waals surface area contributed by atoms with Crippen molar-refractivity contribution in [1.82, 2.24) is 14.3 Å². The Labute approximate surface area is 219 Å². The van der Waals surface area contributed by atoms with Gasteiger partial charge >= 0.3 is 18.3 Å². The van der Waals surface area contributed by atoms with Gasteiger partial charge in [-0.2, -0.15) is 31.4 Å². The highest BCUT2D eigenvalue weighted by Crippen LogP contribution is 2.37. The highest BCUT2D eigenvalue weighted by molar-refractivity contribution is 5.86. The molecule has 0 amide bonds. The number of carbonyl (C=O) groups excluding carboxylic acids is 1. The topological polar surface area (TPSA) is 58.3 Å². The first-order valence-corrected chi connectivity index (χ1v) is 11.9. The molecule has 2 aromatic carbocycles. The van der Waals surface area contributed by atoms with E-state index < -0.39 is 29.0 Å². The molecule has 208 valence electrons. The maximum Gasteiger partial charge on any atom is 0.416 e. The summed E-state index contributed by atoms with van der Waals surface area (Å²) in [4.78, 5) is 12.4. The summed E-state index contributed by atoms with van der Waals surface area (Å²) in [7, 11) is 0. The fraction of sp³-hybridized carbons (Fsp3) is 0.333. The first kappa shape index (κ1) is 28.1. The van der Waals surface area contributed by atoms with Crippen molar-refractivity contribution in [3.8, 4) is 11.4 Å². The van der Waals surface area contributed by atoms with Gasteiger partial charge in [0.15, 0.2) is 0 Å². The molecular formula is C27H25F6N3O3. The highest BCUT2D eigenvalue weighted by Gasteiger charge is 2.37. The Kier molecular flexibility index (Phi) is 7.18. The second-order valence-corrected chi connectivity index (χ2v) is 9.41. The standard InChI is InChI=1S/C27H25F6N3O3/c1-5-38-24(37)25(3,4)35-9-8-17-10-22(6-7-23(17)35)39-15-18-14-34-36(16(18)2)21-12-19(26(28,29)30)11-20(13-21)27(31,32)33/h6-14H,5,15H2,1-4H3. The smallest absolute Gasteiger partial charge is 0.416 e. The van der Waals surface area contributed by atoms with Crippen LogP contribution in [0, 0.1) is 6.92 Å². The van der Waals surface area contributed by atoms with Crippen LogP contribution >= 0.6 is 0 Å². The van der Waals surface area contributed by atoms with E-state index in [0.29, 0.717) is 29.1 Å². The van der Waals surface area contributed by atoms with E-state index in [4.69, 9.17) is 9.47 Å². The van der Waals surface area contributed by atoms with Gasteiger partial charge in [0.2, 0.25) is 0 Å². The summed E-state index contributed by atoms with van der Waals surface area (Å²) in [5.41, 5.74) is -2.59. The van der Waals surface area contributed by atoms with Crippen molar-refractivity contribution in [2.45, 2.75) is 52.2 Å². The molecule has 0 N–H and O–H groups in total. The van der Waals surface area contributed by atoms with Gasteiger partial charge in [-0.15, -0.1) is 0 Å². The molecule has 2 heterocycles. The van der Waals surface area contributed by atoms with Gasteiger partial charge in [0.05, 0.1) is 29.6 Å². The third-order valence-corrected chi connectivity index (χ3v) is 6.36. The zero-order valence-corrected chi connectivity index (χ0v) is 21.4. The molecule has 4 rings (SSSR count). The Hall–Kier alpha value is -3.96. The lowest BCUT2D eigenvalue weighted by Gasteiger charge is -2.25. The summed E-state index contributed by atoms with van der Waals surface area (Å²) in [6.45, 7) is 6.98. The van der Waals surface area contributed by atoms with Gasteiger partial charge in [0, 0.05) is 28.4 Å². The van der Waals surface area contributed by atoms with Gasteiger partial charge in [0.25, 0.3) is 0 Å². The van der Waals surface area contributed by atoms with E-state index in [-0.39, 0.29) is 30.9 Å². The van der Waals surface area contributed by atoms with Crippen LogP contribution in [-0.4, -0.2) is 26.9 Å². The molecule has 6 nitrogen and oxygen atoms in total. The molecule has 2 aromatic heterocycles. The normalized spacial score (nSPS) is 12.7. The first-order chi connectivity index (χ1) is 18.1. The molecule has 12 heteroatoms. The van der Waals surface area contributed by atoms with Crippen molar-refractivity contribution in [1.29, 1.82) is 0 Å². The maximum absolute atomic E-state index is 13.3. The number of benzene rings is 2. The van der Waals surface area contributed by atoms with Crippen LogP contribution in [0.1, 0.15) is 43.2 Å². The SMILES string of the molecule is CCOC(=O)C(C)(C)n1ccc2cc(OCc3cnn(-c4cc(C(F)(F)F)cc(C(F)(F)F)c4)c3C)ccc21. The first-order valence-electron chi connectivity index (χ1n) is 11.9. The molecule has 0 atom stereocenters. The monoisotopic (exact) mass is 553 g/mol. The second-order valence-electron chi connectivity index (χ2n) is 9.41. The van der Waals surface area contributed by atoms with Gasteiger partial charge in [-0.05, 0) is 70.2 Å². The number of ether oxygens (including phenoxy) is 2. The average molecular weight is 554 g/mol. The lowest BCUT2D eigenvalue weighted by molar-refractivity contribution is -0.152. The van der Waals surface area contributed by atoms with Crippen LogP contribution in [0.15, 0.2) is 54.9 Å². The molecule has 39 heavy (non-hydrogen) atoms. The third kappa shape index (κ3) is 5.59. The van der Waals surface area contributed by atoms with Gasteiger partial charge in [-0.3, -0.25) is 0 Å². The fourth-order valence-corrected chi connectivity index (χ4v) is 4.17. The van der Waals surface area contributed by atoms with Crippen LogP contribution in [0.4, 0.5) is 26.3 Å². The lowest BCUT2D eigenvalue weighted by atomic mass is 10.1. The van der Waals surface area contributed by atoms with Crippen LogP contribution < -0.4 is 4.74 Å². The van der Waals surface area contributed by atoms with Crippen molar-refractivity contribution >= 4 is 16.9 Å². The van der Waals surface area contributed by atoms with Crippen molar-refractivity contribution in [2.75, 3.05) is 6.61 Å². The van der Waals surface area contributed by atoms with Crippen LogP contribution in [-0.2, 0) is 34.0 Å². The summed E-state index contributed by atoms with van der Waals surface area (Å²) in [5.74, 6) is 0.0956. The third-order valence-electron chi connectivity index (χ3n) is 6.36. The molecule has 4 aromatic rings. The zero-order chi connectivity index (χ0) is 28.8. The summed E-state index contributed by atoms with van der Waals surface area (Å²) in [5, 5.41) is 4.80. The van der Waals surface area contributed by atoms with Crippen LogP contribution in [0.3, 0.4) is 0 Å². The van der Waals surface area contributed by atoms with Crippen molar-refractivity contribution in [3.05, 3.63) is 77.2 Å². The fourth-order valence-electron chi connectivity index (χ4n) is 4.17. The Bertz CT molecular complexity index is 1480. The molecule has 0 spiro atoms. The zero-order valence-electron chi connectivity index (χ0n) is 21.4. The molecule has 0 aliphatic carbocycles. The van der Waals surface area contributed by atoms with Crippen LogP contribution in [0.25, 0.3) is 16.6 Å². The molecule has 0 bridgehead atoms. The maximum atomic E-state index is 13.3. The minimum Gasteiger partial charge on any atom is -0.489 e. The lowest BCUT2D eigenvalue weighted by Crippen LogP contribution is -2.36. The number of rotatable bonds is 7. The van der Waals surface area contributed by atoms with Crippen LogP contribution in [0.5, 0.6) is 5.75 Å². The van der Waals surface area contributed by atoms with E-state index in [1.165, 1.54) is 13.1 Å². The summed E-state index contributed by atoms with van der Waals surface area (Å²) in [6.07, 6.45) is -6.83. The number of fused-ring (bicyclic) bond motifs is 1. The Morgan fingerprint density at radius 1 is 0.949 bits per heavy atom. The largest absolute Gasteiger partial charge is 0.489 e. The number of alkyl halides is 6. The molecule has 0 saturated carbocycles. The van der Waals surface area contributed by atoms with Crippen molar-refractivity contribution in [3.63, 3.8) is 0 Å². The van der Waals surface area contributed by atoms with E-state index in [0.717, 1.165) is 15.6 Å². The number of hydrogen-bond acceptors (Lipinski definition) is 4. The quantitative estimate of drug-likeness (QED) is 0.182. The van der Waals surface area contributed by atoms with E-state index in [1.807, 2.05) is 6.07 Å². The predicted molar refractivity (Wildman–Crippen MR) is 131 cm³/mol. The Morgan fingerprint density at radius 2 is 1.59 bits per heavy atom. The molecule has 0 fully saturated rings. The van der Waals surface area contributed by atoms with E-state index in [9.17, 15) is 31.1 Å². The molecule has 0 unspecified atom stereocenters. The molecular weight excluding hydrogens is 528 g/mol. The number of halogens is 6. The number of nitrogens with zero attached hydrogens (tertiary/aromatic N) is 3. The van der Waals surface area contributed by atoms with Gasteiger partial charge in [-0.1, -0.05) is 0 Å². The predicted octanol–water partition coefficient (Wildman–Crippen LogP) is 7.05. The summed E-state index contributed by atoms with van der Waals surface area (Å²) < 4.78 is 93.5. The Morgan fingerprint density at radius 3 is 2.18 bits per heavy atom. The molecule has 0 saturated heterocycles. The average Bonchev–Trinajstić information content (AvgIpc) is 3.45. The molecule has 0 aliphatic rings. The molecule has 0 aliphatic heterocycles. The summed E-state index contributed by atoms with van der Waals surface area (Å²) >= 11 is 0. The summed E-state index contributed by atoms with van der Waals surface area (Å²) in [6, 6.07) is 8.37. The second kappa shape index (κ2) is 9.97. The highest BCUT2D eigenvalue weighted by atomic mass is 19.4.